The first-order valence-electron chi connectivity index (χ1n) is 7.42. The summed E-state index contributed by atoms with van der Waals surface area (Å²) in [6.45, 7) is 5.92. The zero-order chi connectivity index (χ0) is 16.1. The summed E-state index contributed by atoms with van der Waals surface area (Å²) < 4.78 is 1.31. The minimum Gasteiger partial charge on any atom is -0.352 e. The quantitative estimate of drug-likeness (QED) is 0.920. The number of aromatic nitrogens is 2. The van der Waals surface area contributed by atoms with E-state index in [9.17, 15) is 9.59 Å². The fourth-order valence-electron chi connectivity index (χ4n) is 2.00. The summed E-state index contributed by atoms with van der Waals surface area (Å²) in [5.41, 5.74) is 2.42. The predicted octanol–water partition coefficient (Wildman–Crippen LogP) is 2.13. The van der Waals surface area contributed by atoms with E-state index in [0.717, 1.165) is 17.5 Å². The van der Waals surface area contributed by atoms with Crippen LogP contribution in [0.25, 0.3) is 11.3 Å². The molecular weight excluding hydrogens is 278 g/mol. The highest BCUT2D eigenvalue weighted by Gasteiger charge is 2.09. The Morgan fingerprint density at radius 1 is 1.32 bits per heavy atom. The van der Waals surface area contributed by atoms with Gasteiger partial charge in [0.25, 0.3) is 5.56 Å². The van der Waals surface area contributed by atoms with Gasteiger partial charge in [-0.2, -0.15) is 0 Å². The summed E-state index contributed by atoms with van der Waals surface area (Å²) in [5.74, 6) is -0.179. The third-order valence-electron chi connectivity index (χ3n) is 3.56. The monoisotopic (exact) mass is 299 g/mol. The van der Waals surface area contributed by atoms with E-state index < -0.39 is 0 Å². The van der Waals surface area contributed by atoms with Gasteiger partial charge in [0, 0.05) is 17.7 Å². The number of hydrogen-bond donors (Lipinski definition) is 1. The van der Waals surface area contributed by atoms with Crippen molar-refractivity contribution in [1.82, 2.24) is 14.9 Å². The molecule has 1 amide bonds. The van der Waals surface area contributed by atoms with Gasteiger partial charge in [-0.15, -0.1) is 0 Å². The third-order valence-corrected chi connectivity index (χ3v) is 3.56. The molecule has 0 radical (unpaired) electrons. The fourth-order valence-corrected chi connectivity index (χ4v) is 2.00. The van der Waals surface area contributed by atoms with Gasteiger partial charge in [-0.05, 0) is 20.3 Å². The van der Waals surface area contributed by atoms with Gasteiger partial charge in [-0.3, -0.25) is 14.2 Å². The van der Waals surface area contributed by atoms with Crippen LogP contribution in [0.1, 0.15) is 25.8 Å². The molecule has 5 nitrogen and oxygen atoms in total. The summed E-state index contributed by atoms with van der Waals surface area (Å²) in [6.07, 6.45) is 2.28. The first kappa shape index (κ1) is 15.9. The highest BCUT2D eigenvalue weighted by molar-refractivity contribution is 5.76. The molecule has 1 N–H and O–H groups in total. The topological polar surface area (TPSA) is 64.0 Å². The second-order valence-electron chi connectivity index (χ2n) is 5.48. The smallest absolute Gasteiger partial charge is 0.254 e. The van der Waals surface area contributed by atoms with Gasteiger partial charge in [0.1, 0.15) is 6.54 Å². The Morgan fingerprint density at radius 2 is 2.00 bits per heavy atom. The molecule has 22 heavy (non-hydrogen) atoms. The normalized spacial score (nSPS) is 12.0. The van der Waals surface area contributed by atoms with Gasteiger partial charge >= 0.3 is 0 Å². The molecule has 0 saturated heterocycles. The van der Waals surface area contributed by atoms with E-state index in [1.807, 2.05) is 45.0 Å². The number of carbonyl (C=O) groups is 1. The zero-order valence-corrected chi connectivity index (χ0v) is 13.2. The number of benzene rings is 1. The standard InChI is InChI=1S/C17H21N3O2/c1-4-13(3)19-16(21)10-20-11-18-15(9-17(20)22)14-7-5-12(2)6-8-14/h5-9,11,13H,4,10H2,1-3H3,(H,19,21)/t13-/m0/s1. The van der Waals surface area contributed by atoms with Gasteiger partial charge < -0.3 is 5.32 Å². The van der Waals surface area contributed by atoms with E-state index in [-0.39, 0.29) is 24.1 Å². The van der Waals surface area contributed by atoms with Gasteiger partial charge in [0.05, 0.1) is 12.0 Å². The molecule has 2 aromatic rings. The molecular formula is C17H21N3O2. The average Bonchev–Trinajstić information content (AvgIpc) is 2.50. The lowest BCUT2D eigenvalue weighted by molar-refractivity contribution is -0.122. The summed E-state index contributed by atoms with van der Waals surface area (Å²) in [4.78, 5) is 28.2. The Balaban J connectivity index is 2.15. The average molecular weight is 299 g/mol. The first-order valence-corrected chi connectivity index (χ1v) is 7.42. The maximum atomic E-state index is 12.1. The van der Waals surface area contributed by atoms with Crippen LogP contribution in [0.15, 0.2) is 41.5 Å². The molecule has 1 atom stereocenters. The van der Waals surface area contributed by atoms with E-state index in [2.05, 4.69) is 10.3 Å². The Kier molecular flexibility index (Phi) is 5.09. The number of hydrogen-bond acceptors (Lipinski definition) is 3. The van der Waals surface area contributed by atoms with Gasteiger partial charge in [0.15, 0.2) is 0 Å². The molecule has 0 saturated carbocycles. The van der Waals surface area contributed by atoms with Crippen molar-refractivity contribution in [2.24, 2.45) is 0 Å². The largest absolute Gasteiger partial charge is 0.352 e. The number of rotatable bonds is 5. The molecule has 1 heterocycles. The van der Waals surface area contributed by atoms with Crippen LogP contribution in [-0.2, 0) is 11.3 Å². The fraction of sp³-hybridized carbons (Fsp3) is 0.353. The van der Waals surface area contributed by atoms with Crippen molar-refractivity contribution in [3.8, 4) is 11.3 Å². The molecule has 1 aromatic heterocycles. The van der Waals surface area contributed by atoms with E-state index >= 15 is 0 Å². The number of carbonyl (C=O) groups excluding carboxylic acids is 1. The molecule has 0 aliphatic carbocycles. The van der Waals surface area contributed by atoms with Crippen LogP contribution >= 0.6 is 0 Å². The second kappa shape index (κ2) is 7.02. The number of amides is 1. The number of nitrogens with zero attached hydrogens (tertiary/aromatic N) is 2. The Labute approximate surface area is 130 Å². The minimum atomic E-state index is -0.232. The van der Waals surface area contributed by atoms with Crippen molar-refractivity contribution in [3.63, 3.8) is 0 Å². The van der Waals surface area contributed by atoms with E-state index in [1.165, 1.54) is 17.0 Å². The highest BCUT2D eigenvalue weighted by Crippen LogP contribution is 2.15. The van der Waals surface area contributed by atoms with Crippen molar-refractivity contribution in [3.05, 3.63) is 52.6 Å². The molecule has 0 spiro atoms. The van der Waals surface area contributed by atoms with Crippen LogP contribution in [0.5, 0.6) is 0 Å². The Bertz CT molecular complexity index is 705. The molecule has 5 heteroatoms. The molecule has 0 aliphatic heterocycles. The molecule has 0 fully saturated rings. The summed E-state index contributed by atoms with van der Waals surface area (Å²) in [5, 5.41) is 2.83. The number of nitrogens with one attached hydrogen (secondary N) is 1. The van der Waals surface area contributed by atoms with Crippen LogP contribution in [0.4, 0.5) is 0 Å². The Hall–Kier alpha value is -2.43. The molecule has 1 aromatic carbocycles. The van der Waals surface area contributed by atoms with Gasteiger partial charge in [0.2, 0.25) is 5.91 Å². The second-order valence-corrected chi connectivity index (χ2v) is 5.48. The molecule has 116 valence electrons. The maximum Gasteiger partial charge on any atom is 0.254 e. The van der Waals surface area contributed by atoms with Crippen molar-refractivity contribution < 1.29 is 4.79 Å². The van der Waals surface area contributed by atoms with Crippen molar-refractivity contribution >= 4 is 5.91 Å². The highest BCUT2D eigenvalue weighted by atomic mass is 16.2. The van der Waals surface area contributed by atoms with Crippen molar-refractivity contribution in [2.45, 2.75) is 39.8 Å². The molecule has 0 aliphatic rings. The zero-order valence-electron chi connectivity index (χ0n) is 13.2. The van der Waals surface area contributed by atoms with Crippen LogP contribution in [0.3, 0.4) is 0 Å². The van der Waals surface area contributed by atoms with Crippen molar-refractivity contribution in [1.29, 1.82) is 0 Å². The summed E-state index contributed by atoms with van der Waals surface area (Å²) >= 11 is 0. The first-order chi connectivity index (χ1) is 10.5. The third kappa shape index (κ3) is 4.04. The predicted molar refractivity (Wildman–Crippen MR) is 86.6 cm³/mol. The van der Waals surface area contributed by atoms with E-state index in [4.69, 9.17) is 0 Å². The molecule has 2 rings (SSSR count). The van der Waals surface area contributed by atoms with Gasteiger partial charge in [-0.25, -0.2) is 4.98 Å². The molecule has 0 bridgehead atoms. The van der Waals surface area contributed by atoms with Crippen LogP contribution in [0.2, 0.25) is 0 Å². The maximum absolute atomic E-state index is 12.1. The lowest BCUT2D eigenvalue weighted by Crippen LogP contribution is -2.37. The van der Waals surface area contributed by atoms with Crippen molar-refractivity contribution in [2.75, 3.05) is 0 Å². The van der Waals surface area contributed by atoms with Crippen LogP contribution < -0.4 is 10.9 Å². The van der Waals surface area contributed by atoms with E-state index in [1.54, 1.807) is 0 Å². The molecule has 0 unspecified atom stereocenters. The van der Waals surface area contributed by atoms with Crippen LogP contribution in [-0.4, -0.2) is 21.5 Å². The minimum absolute atomic E-state index is 0.00957. The lowest BCUT2D eigenvalue weighted by Gasteiger charge is -2.12. The SMILES string of the molecule is CC[C@H](C)NC(=O)Cn1cnc(-c2ccc(C)cc2)cc1=O. The van der Waals surface area contributed by atoms with Crippen LogP contribution in [0, 0.1) is 6.92 Å². The summed E-state index contributed by atoms with van der Waals surface area (Å²) in [7, 11) is 0. The number of aryl methyl sites for hydroxylation is 1. The lowest BCUT2D eigenvalue weighted by atomic mass is 10.1. The van der Waals surface area contributed by atoms with Gasteiger partial charge in [-0.1, -0.05) is 36.8 Å². The summed E-state index contributed by atoms with van der Waals surface area (Å²) in [6, 6.07) is 9.36. The Morgan fingerprint density at radius 3 is 2.59 bits per heavy atom. The van der Waals surface area contributed by atoms with E-state index in [0.29, 0.717) is 5.69 Å².